The van der Waals surface area contributed by atoms with Crippen LogP contribution in [0.4, 0.5) is 5.69 Å². The van der Waals surface area contributed by atoms with E-state index >= 15 is 0 Å². The topological polar surface area (TPSA) is 32.3 Å². The van der Waals surface area contributed by atoms with Gasteiger partial charge in [-0.25, -0.2) is 0 Å². The summed E-state index contributed by atoms with van der Waals surface area (Å²) in [5.41, 5.74) is 1.05. The van der Waals surface area contributed by atoms with Crippen molar-refractivity contribution >= 4 is 23.2 Å². The predicted octanol–water partition coefficient (Wildman–Crippen LogP) is 4.64. The molecule has 0 bridgehead atoms. The quantitative estimate of drug-likeness (QED) is 0.868. The number of halogens is 1. The highest BCUT2D eigenvalue weighted by Crippen LogP contribution is 2.29. The fourth-order valence-corrected chi connectivity index (χ4v) is 3.89. The maximum atomic E-state index is 12.8. The monoisotopic (exact) mass is 336 g/mol. The highest BCUT2D eigenvalue weighted by Gasteiger charge is 2.35. The van der Waals surface area contributed by atoms with E-state index < -0.39 is 0 Å². The van der Waals surface area contributed by atoms with Crippen molar-refractivity contribution in [2.75, 3.05) is 11.4 Å². The molecule has 1 unspecified atom stereocenters. The zero-order valence-corrected chi connectivity index (χ0v) is 15.7. The molecule has 1 aromatic carbocycles. The summed E-state index contributed by atoms with van der Waals surface area (Å²) in [7, 11) is 0. The van der Waals surface area contributed by atoms with Gasteiger partial charge in [-0.2, -0.15) is 0 Å². The standard InChI is InChI=1S/C19H29ClN2O/c1-18(2,3)13-19(4,5)21-17(23)16-7-6-12-22(16)15-10-8-14(20)9-11-15/h8-11,16H,6-7,12-13H2,1-5H3,(H,21,23). The average Bonchev–Trinajstić information content (AvgIpc) is 2.85. The van der Waals surface area contributed by atoms with Crippen LogP contribution in [0.15, 0.2) is 24.3 Å². The summed E-state index contributed by atoms with van der Waals surface area (Å²) in [6, 6.07) is 7.67. The van der Waals surface area contributed by atoms with Crippen molar-refractivity contribution in [1.82, 2.24) is 5.32 Å². The second-order valence-corrected chi connectivity index (χ2v) is 8.87. The van der Waals surface area contributed by atoms with Crippen LogP contribution in [0.5, 0.6) is 0 Å². The fourth-order valence-electron chi connectivity index (χ4n) is 3.77. The summed E-state index contributed by atoms with van der Waals surface area (Å²) < 4.78 is 0. The van der Waals surface area contributed by atoms with Gasteiger partial charge in [0, 0.05) is 22.8 Å². The van der Waals surface area contributed by atoms with Crippen molar-refractivity contribution in [3.63, 3.8) is 0 Å². The molecular formula is C19H29ClN2O. The third-order valence-corrected chi connectivity index (χ3v) is 4.40. The van der Waals surface area contributed by atoms with E-state index in [0.29, 0.717) is 0 Å². The maximum absolute atomic E-state index is 12.8. The molecule has 1 aromatic rings. The molecule has 1 atom stereocenters. The molecule has 0 aliphatic carbocycles. The van der Waals surface area contributed by atoms with Gasteiger partial charge in [-0.3, -0.25) is 4.79 Å². The van der Waals surface area contributed by atoms with Gasteiger partial charge in [-0.05, 0) is 62.8 Å². The first kappa shape index (κ1) is 18.1. The molecule has 1 N–H and O–H groups in total. The summed E-state index contributed by atoms with van der Waals surface area (Å²) >= 11 is 5.97. The third kappa shape index (κ3) is 5.13. The van der Waals surface area contributed by atoms with Crippen molar-refractivity contribution in [3.8, 4) is 0 Å². The molecule has 3 nitrogen and oxygen atoms in total. The van der Waals surface area contributed by atoms with Crippen LogP contribution >= 0.6 is 11.6 Å². The van der Waals surface area contributed by atoms with E-state index in [1.807, 2.05) is 24.3 Å². The second-order valence-electron chi connectivity index (χ2n) is 8.44. The molecule has 2 rings (SSSR count). The summed E-state index contributed by atoms with van der Waals surface area (Å²) in [4.78, 5) is 15.0. The van der Waals surface area contributed by atoms with Crippen LogP contribution in [0.25, 0.3) is 0 Å². The number of carbonyl (C=O) groups excluding carboxylic acids is 1. The van der Waals surface area contributed by atoms with Gasteiger partial charge in [0.1, 0.15) is 6.04 Å². The molecule has 1 aliphatic heterocycles. The van der Waals surface area contributed by atoms with Crippen LogP contribution < -0.4 is 10.2 Å². The zero-order valence-electron chi connectivity index (χ0n) is 14.9. The smallest absolute Gasteiger partial charge is 0.243 e. The summed E-state index contributed by atoms with van der Waals surface area (Å²) in [5, 5.41) is 3.98. The number of nitrogens with one attached hydrogen (secondary N) is 1. The number of rotatable bonds is 4. The maximum Gasteiger partial charge on any atom is 0.243 e. The Labute approximate surface area is 145 Å². The molecule has 4 heteroatoms. The minimum atomic E-state index is -0.205. The average molecular weight is 337 g/mol. The van der Waals surface area contributed by atoms with Crippen molar-refractivity contribution in [2.45, 2.75) is 65.5 Å². The van der Waals surface area contributed by atoms with Gasteiger partial charge in [0.05, 0.1) is 0 Å². The number of hydrogen-bond acceptors (Lipinski definition) is 2. The first-order chi connectivity index (χ1) is 10.6. The van der Waals surface area contributed by atoms with Crippen LogP contribution in [0.1, 0.15) is 53.9 Å². The Hall–Kier alpha value is -1.22. The van der Waals surface area contributed by atoms with Crippen LogP contribution in [-0.2, 0) is 4.79 Å². The van der Waals surface area contributed by atoms with E-state index in [1.54, 1.807) is 0 Å². The van der Waals surface area contributed by atoms with E-state index in [0.717, 1.165) is 36.5 Å². The van der Waals surface area contributed by atoms with Crippen molar-refractivity contribution in [2.24, 2.45) is 5.41 Å². The molecule has 0 aromatic heterocycles. The lowest BCUT2D eigenvalue weighted by atomic mass is 9.81. The van der Waals surface area contributed by atoms with E-state index in [9.17, 15) is 4.79 Å². The zero-order chi connectivity index (χ0) is 17.3. The summed E-state index contributed by atoms with van der Waals surface area (Å²) in [6.45, 7) is 11.7. The first-order valence-corrected chi connectivity index (χ1v) is 8.79. The lowest BCUT2D eigenvalue weighted by molar-refractivity contribution is -0.124. The van der Waals surface area contributed by atoms with Crippen molar-refractivity contribution < 1.29 is 4.79 Å². The Morgan fingerprint density at radius 2 is 1.83 bits per heavy atom. The molecule has 0 radical (unpaired) electrons. The van der Waals surface area contributed by atoms with Crippen LogP contribution in [0.2, 0.25) is 5.02 Å². The number of amides is 1. The van der Waals surface area contributed by atoms with Gasteiger partial charge in [-0.1, -0.05) is 32.4 Å². The Balaban J connectivity index is 2.07. The van der Waals surface area contributed by atoms with Crippen LogP contribution in [-0.4, -0.2) is 24.0 Å². The van der Waals surface area contributed by atoms with Gasteiger partial charge < -0.3 is 10.2 Å². The Morgan fingerprint density at radius 3 is 2.39 bits per heavy atom. The number of hydrogen-bond donors (Lipinski definition) is 1. The first-order valence-electron chi connectivity index (χ1n) is 8.42. The molecule has 1 aliphatic rings. The van der Waals surface area contributed by atoms with Crippen molar-refractivity contribution in [1.29, 1.82) is 0 Å². The van der Waals surface area contributed by atoms with E-state index in [1.165, 1.54) is 0 Å². The second kappa shape index (κ2) is 6.72. The Bertz CT molecular complexity index is 545. The molecule has 0 saturated carbocycles. The van der Waals surface area contributed by atoms with Gasteiger partial charge in [0.25, 0.3) is 0 Å². The molecule has 0 spiro atoms. The largest absolute Gasteiger partial charge is 0.360 e. The van der Waals surface area contributed by atoms with Crippen LogP contribution in [0, 0.1) is 5.41 Å². The summed E-state index contributed by atoms with van der Waals surface area (Å²) in [5.74, 6) is 0.131. The Morgan fingerprint density at radius 1 is 1.22 bits per heavy atom. The van der Waals surface area contributed by atoms with E-state index in [4.69, 9.17) is 11.6 Å². The Kier molecular flexibility index (Phi) is 5.30. The minimum absolute atomic E-state index is 0.0876. The van der Waals surface area contributed by atoms with Gasteiger partial charge >= 0.3 is 0 Å². The molecule has 1 amide bonds. The van der Waals surface area contributed by atoms with Gasteiger partial charge in [-0.15, -0.1) is 0 Å². The molecular weight excluding hydrogens is 308 g/mol. The molecule has 23 heavy (non-hydrogen) atoms. The van der Waals surface area contributed by atoms with Crippen LogP contribution in [0.3, 0.4) is 0 Å². The van der Waals surface area contributed by atoms with E-state index in [2.05, 4.69) is 44.8 Å². The lowest BCUT2D eigenvalue weighted by Gasteiger charge is -2.35. The number of carbonyl (C=O) groups is 1. The highest BCUT2D eigenvalue weighted by molar-refractivity contribution is 6.30. The number of anilines is 1. The van der Waals surface area contributed by atoms with Gasteiger partial charge in [0.15, 0.2) is 0 Å². The van der Waals surface area contributed by atoms with Gasteiger partial charge in [0.2, 0.25) is 5.91 Å². The lowest BCUT2D eigenvalue weighted by Crippen LogP contribution is -2.52. The number of benzene rings is 1. The molecule has 1 heterocycles. The highest BCUT2D eigenvalue weighted by atomic mass is 35.5. The third-order valence-electron chi connectivity index (χ3n) is 4.15. The minimum Gasteiger partial charge on any atom is -0.360 e. The number of nitrogens with zero attached hydrogens (tertiary/aromatic N) is 1. The van der Waals surface area contributed by atoms with E-state index in [-0.39, 0.29) is 22.9 Å². The van der Waals surface area contributed by atoms with Crippen molar-refractivity contribution in [3.05, 3.63) is 29.3 Å². The molecule has 128 valence electrons. The normalized spacial score (nSPS) is 19.0. The molecule has 1 fully saturated rings. The predicted molar refractivity (Wildman–Crippen MR) is 98.1 cm³/mol. The SMILES string of the molecule is CC(C)(C)CC(C)(C)NC(=O)C1CCCN1c1ccc(Cl)cc1. The summed E-state index contributed by atoms with van der Waals surface area (Å²) in [6.07, 6.45) is 2.89. The fraction of sp³-hybridized carbons (Fsp3) is 0.632. The molecule has 1 saturated heterocycles.